The van der Waals surface area contributed by atoms with Gasteiger partial charge in [0.05, 0.1) is 12.1 Å². The highest BCUT2D eigenvalue weighted by atomic mass is 35.5. The molecule has 0 spiro atoms. The molecule has 2 aliphatic rings. The fourth-order valence-corrected chi connectivity index (χ4v) is 5.43. The average molecular weight is 484 g/mol. The molecule has 2 heterocycles. The lowest BCUT2D eigenvalue weighted by molar-refractivity contribution is -0.139. The van der Waals surface area contributed by atoms with E-state index in [0.29, 0.717) is 41.4 Å². The molecule has 0 saturated carbocycles. The monoisotopic (exact) mass is 483 g/mol. The summed E-state index contributed by atoms with van der Waals surface area (Å²) < 4.78 is 5.21. The summed E-state index contributed by atoms with van der Waals surface area (Å²) in [5, 5.41) is 3.47. The first-order valence-corrected chi connectivity index (χ1v) is 12.6. The fraction of sp³-hybridized carbons (Fsp3) is 0.481. The Morgan fingerprint density at radius 3 is 2.44 bits per heavy atom. The van der Waals surface area contributed by atoms with Crippen molar-refractivity contribution in [1.82, 2.24) is 9.80 Å². The van der Waals surface area contributed by atoms with E-state index in [2.05, 4.69) is 22.0 Å². The van der Waals surface area contributed by atoms with Crippen LogP contribution in [0.5, 0.6) is 5.75 Å². The third kappa shape index (κ3) is 5.73. The average Bonchev–Trinajstić information content (AvgIpc) is 2.85. The number of halogens is 1. The minimum atomic E-state index is -0.437. The van der Waals surface area contributed by atoms with E-state index in [1.165, 1.54) is 6.42 Å². The van der Waals surface area contributed by atoms with Crippen LogP contribution in [0.3, 0.4) is 0 Å². The molecule has 2 fully saturated rings. The molecule has 2 aromatic rings. The minimum Gasteiger partial charge on any atom is -0.495 e. The van der Waals surface area contributed by atoms with Gasteiger partial charge in [-0.2, -0.15) is 0 Å². The molecule has 2 saturated heterocycles. The Kier molecular flexibility index (Phi) is 8.11. The second kappa shape index (κ2) is 11.2. The Labute approximate surface area is 207 Å². The molecule has 4 rings (SSSR count). The highest BCUT2D eigenvalue weighted by Gasteiger charge is 2.35. The Balaban J connectivity index is 1.45. The lowest BCUT2D eigenvalue weighted by Crippen LogP contribution is -2.47. The van der Waals surface area contributed by atoms with Gasteiger partial charge >= 0.3 is 0 Å². The van der Waals surface area contributed by atoms with Gasteiger partial charge in [0, 0.05) is 24.7 Å². The first kappa shape index (κ1) is 24.6. The zero-order chi connectivity index (χ0) is 24.1. The molecule has 34 heavy (non-hydrogen) atoms. The van der Waals surface area contributed by atoms with Crippen LogP contribution in [0, 0.1) is 11.8 Å². The van der Waals surface area contributed by atoms with Crippen LogP contribution >= 0.6 is 11.6 Å². The maximum absolute atomic E-state index is 13.5. The van der Waals surface area contributed by atoms with Crippen molar-refractivity contribution in [1.29, 1.82) is 0 Å². The van der Waals surface area contributed by atoms with Crippen molar-refractivity contribution in [2.24, 2.45) is 11.8 Å². The number of hydrogen-bond donors (Lipinski definition) is 1. The number of carbonyl (C=O) groups is 2. The van der Waals surface area contributed by atoms with Crippen molar-refractivity contribution >= 4 is 29.1 Å². The first-order valence-electron chi connectivity index (χ1n) is 12.2. The van der Waals surface area contributed by atoms with Gasteiger partial charge in [0.1, 0.15) is 11.8 Å². The van der Waals surface area contributed by atoms with Crippen molar-refractivity contribution in [3.63, 3.8) is 0 Å². The van der Waals surface area contributed by atoms with Gasteiger partial charge in [-0.15, -0.1) is 0 Å². The van der Waals surface area contributed by atoms with E-state index in [4.69, 9.17) is 16.3 Å². The van der Waals surface area contributed by atoms with Crippen LogP contribution < -0.4 is 10.1 Å². The number of nitrogens with one attached hydrogen (secondary N) is 1. The van der Waals surface area contributed by atoms with E-state index in [1.807, 2.05) is 30.3 Å². The smallest absolute Gasteiger partial charge is 0.246 e. The van der Waals surface area contributed by atoms with Crippen molar-refractivity contribution in [3.8, 4) is 5.75 Å². The molecule has 7 heteroatoms. The predicted molar refractivity (Wildman–Crippen MR) is 135 cm³/mol. The van der Waals surface area contributed by atoms with E-state index in [1.54, 1.807) is 25.3 Å². The molecular weight excluding hydrogens is 450 g/mol. The molecule has 2 amide bonds. The number of anilines is 1. The first-order chi connectivity index (χ1) is 16.5. The molecule has 0 aliphatic carbocycles. The molecule has 2 aromatic carbocycles. The van der Waals surface area contributed by atoms with Gasteiger partial charge in [-0.25, -0.2) is 0 Å². The SMILES string of the molecule is COc1ccc(NC(=O)C(c2ccccc2)N2CCC(C(=O)N3CCCC(C)C3)CC2)cc1Cl. The quantitative estimate of drug-likeness (QED) is 0.628. The summed E-state index contributed by atoms with van der Waals surface area (Å²) in [5.74, 6) is 1.37. The van der Waals surface area contributed by atoms with Crippen LogP contribution in [-0.4, -0.2) is 54.9 Å². The van der Waals surface area contributed by atoms with Crippen LogP contribution in [0.4, 0.5) is 5.69 Å². The van der Waals surface area contributed by atoms with Crippen LogP contribution in [-0.2, 0) is 9.59 Å². The van der Waals surface area contributed by atoms with Crippen molar-refractivity contribution < 1.29 is 14.3 Å². The number of benzene rings is 2. The maximum atomic E-state index is 13.5. The summed E-state index contributed by atoms with van der Waals surface area (Å²) in [5.41, 5.74) is 1.57. The zero-order valence-corrected chi connectivity index (χ0v) is 20.8. The van der Waals surface area contributed by atoms with Gasteiger partial charge in [0.2, 0.25) is 11.8 Å². The second-order valence-electron chi connectivity index (χ2n) is 9.49. The van der Waals surface area contributed by atoms with Gasteiger partial charge in [-0.1, -0.05) is 48.9 Å². The Morgan fingerprint density at radius 2 is 1.79 bits per heavy atom. The Morgan fingerprint density at radius 1 is 1.06 bits per heavy atom. The summed E-state index contributed by atoms with van der Waals surface area (Å²) in [6.45, 7) is 5.38. The van der Waals surface area contributed by atoms with Gasteiger partial charge in [0.25, 0.3) is 0 Å². The minimum absolute atomic E-state index is 0.0430. The lowest BCUT2D eigenvalue weighted by Gasteiger charge is -2.39. The summed E-state index contributed by atoms with van der Waals surface area (Å²) in [6.07, 6.45) is 3.84. The van der Waals surface area contributed by atoms with E-state index >= 15 is 0 Å². The number of nitrogens with zero attached hydrogens (tertiary/aromatic N) is 2. The molecular formula is C27H34ClN3O3. The van der Waals surface area contributed by atoms with E-state index in [9.17, 15) is 9.59 Å². The molecule has 0 bridgehead atoms. The Bertz CT molecular complexity index is 992. The van der Waals surface area contributed by atoms with Crippen LogP contribution in [0.15, 0.2) is 48.5 Å². The zero-order valence-electron chi connectivity index (χ0n) is 20.0. The third-order valence-corrected chi connectivity index (χ3v) is 7.29. The third-order valence-electron chi connectivity index (χ3n) is 7.00. The predicted octanol–water partition coefficient (Wildman–Crippen LogP) is 5.00. The number of amides is 2. The number of methoxy groups -OCH3 is 1. The van der Waals surface area contributed by atoms with E-state index < -0.39 is 6.04 Å². The van der Waals surface area contributed by atoms with Gasteiger partial charge < -0.3 is 15.0 Å². The summed E-state index contributed by atoms with van der Waals surface area (Å²) in [4.78, 5) is 30.8. The van der Waals surface area contributed by atoms with Gasteiger partial charge in [-0.05, 0) is 68.5 Å². The number of rotatable bonds is 6. The topological polar surface area (TPSA) is 61.9 Å². The van der Waals surface area contributed by atoms with Gasteiger partial charge in [0.15, 0.2) is 0 Å². The molecule has 2 aliphatic heterocycles. The van der Waals surface area contributed by atoms with Crippen LogP contribution in [0.25, 0.3) is 0 Å². The van der Waals surface area contributed by atoms with Crippen molar-refractivity contribution in [2.45, 2.75) is 38.6 Å². The summed E-state index contributed by atoms with van der Waals surface area (Å²) in [7, 11) is 1.56. The summed E-state index contributed by atoms with van der Waals surface area (Å²) >= 11 is 6.25. The number of piperidine rings is 2. The maximum Gasteiger partial charge on any atom is 0.246 e. The molecule has 182 valence electrons. The molecule has 2 unspecified atom stereocenters. The number of hydrogen-bond acceptors (Lipinski definition) is 4. The Hall–Kier alpha value is -2.57. The van der Waals surface area contributed by atoms with Gasteiger partial charge in [-0.3, -0.25) is 14.5 Å². The molecule has 0 aromatic heterocycles. The van der Waals surface area contributed by atoms with Crippen LogP contribution in [0.1, 0.15) is 44.2 Å². The summed E-state index contributed by atoms with van der Waals surface area (Å²) in [6, 6.07) is 14.6. The standard InChI is InChI=1S/C27H34ClN3O3/c1-19-7-6-14-31(18-19)27(33)21-12-15-30(16-13-21)25(20-8-4-3-5-9-20)26(32)29-22-10-11-24(34-2)23(28)17-22/h3-5,8-11,17,19,21,25H,6-7,12-16,18H2,1-2H3,(H,29,32). The van der Waals surface area contributed by atoms with E-state index in [-0.39, 0.29) is 11.8 Å². The highest BCUT2D eigenvalue weighted by Crippen LogP contribution is 2.32. The molecule has 2 atom stereocenters. The largest absolute Gasteiger partial charge is 0.495 e. The molecule has 6 nitrogen and oxygen atoms in total. The highest BCUT2D eigenvalue weighted by molar-refractivity contribution is 6.32. The lowest BCUT2D eigenvalue weighted by atomic mass is 9.91. The normalized spacial score (nSPS) is 20.6. The van der Waals surface area contributed by atoms with E-state index in [0.717, 1.165) is 37.9 Å². The molecule has 1 N–H and O–H groups in total. The number of likely N-dealkylation sites (tertiary alicyclic amines) is 2. The number of ether oxygens (including phenoxy) is 1. The molecule has 0 radical (unpaired) electrons. The number of carbonyl (C=O) groups excluding carboxylic acids is 2. The van der Waals surface area contributed by atoms with Crippen molar-refractivity contribution in [2.75, 3.05) is 38.6 Å². The van der Waals surface area contributed by atoms with Crippen LogP contribution in [0.2, 0.25) is 5.02 Å². The second-order valence-corrected chi connectivity index (χ2v) is 9.90. The fourth-order valence-electron chi connectivity index (χ4n) is 5.17. The van der Waals surface area contributed by atoms with Crippen molar-refractivity contribution in [3.05, 3.63) is 59.1 Å².